The van der Waals surface area contributed by atoms with Crippen LogP contribution < -0.4 is 0 Å². The van der Waals surface area contributed by atoms with Crippen LogP contribution in [-0.4, -0.2) is 16.8 Å². The maximum absolute atomic E-state index is 12.1. The molecule has 1 rings (SSSR count). The fourth-order valence-electron chi connectivity index (χ4n) is 1.55. The molecule has 0 N–H and O–H groups in total. The molecule has 0 fully saturated rings. The zero-order chi connectivity index (χ0) is 14.0. The van der Waals surface area contributed by atoms with Gasteiger partial charge in [-0.15, -0.1) is 0 Å². The average Bonchev–Trinajstić information content (AvgIpc) is 2.38. The van der Waals surface area contributed by atoms with E-state index < -0.39 is 23.8 Å². The van der Waals surface area contributed by atoms with Crippen molar-refractivity contribution in [3.05, 3.63) is 59.9 Å². The molecule has 0 saturated carbocycles. The summed E-state index contributed by atoms with van der Waals surface area (Å²) in [5, 5.41) is 1.31. The lowest BCUT2D eigenvalue weighted by Gasteiger charge is -2.26. The number of hydrogen-bond acceptors (Lipinski definition) is 4. The monoisotopic (exact) mass is 286 g/mol. The molecule has 0 spiro atoms. The van der Waals surface area contributed by atoms with Crippen LogP contribution in [0, 0.1) is 0 Å². The first kappa shape index (κ1) is 14.7. The minimum Gasteiger partial charge on any atom is -0.222 e. The van der Waals surface area contributed by atoms with Gasteiger partial charge in [0, 0.05) is 10.8 Å². The summed E-state index contributed by atoms with van der Waals surface area (Å²) in [5.74, 6) is 0. The van der Waals surface area contributed by atoms with E-state index in [0.29, 0.717) is 10.8 Å². The van der Waals surface area contributed by atoms with Crippen molar-refractivity contribution >= 4 is 19.7 Å². The van der Waals surface area contributed by atoms with Gasteiger partial charge in [-0.25, -0.2) is 16.8 Å². The summed E-state index contributed by atoms with van der Waals surface area (Å²) in [6.45, 7) is 7.51. The van der Waals surface area contributed by atoms with Crippen molar-refractivity contribution in [3.8, 4) is 0 Å². The summed E-state index contributed by atoms with van der Waals surface area (Å²) in [6, 6.07) is 7.71. The van der Waals surface area contributed by atoms with E-state index in [2.05, 4.69) is 13.2 Å². The number of benzene rings is 1. The molecule has 1 aromatic rings. The molecular formula is C12H14O4S2. The molecule has 0 aromatic heterocycles. The lowest BCUT2D eigenvalue weighted by Crippen LogP contribution is -2.38. The Bertz CT molecular complexity index is 617. The van der Waals surface area contributed by atoms with Gasteiger partial charge in [-0.3, -0.25) is 0 Å². The van der Waals surface area contributed by atoms with Crippen LogP contribution in [-0.2, 0) is 23.8 Å². The van der Waals surface area contributed by atoms with Crippen molar-refractivity contribution in [1.29, 1.82) is 0 Å². The molecule has 1 aromatic carbocycles. The summed E-state index contributed by atoms with van der Waals surface area (Å²) in [5.41, 5.74) is 0.157. The molecule has 0 atom stereocenters. The summed E-state index contributed by atoms with van der Waals surface area (Å²) in [7, 11) is -8.16. The minimum atomic E-state index is -4.08. The molecule has 0 saturated heterocycles. The SMILES string of the molecule is C=CS(=O)(=O)C(C)(c1ccccc1)S(=O)(=O)C=C. The third kappa shape index (κ3) is 2.02. The molecule has 18 heavy (non-hydrogen) atoms. The molecule has 0 aliphatic rings. The van der Waals surface area contributed by atoms with Crippen LogP contribution in [0.5, 0.6) is 0 Å². The van der Waals surface area contributed by atoms with Crippen LogP contribution >= 0.6 is 0 Å². The lowest BCUT2D eigenvalue weighted by atomic mass is 10.2. The zero-order valence-corrected chi connectivity index (χ0v) is 11.5. The summed E-state index contributed by atoms with van der Waals surface area (Å²) in [4.78, 5) is 0. The molecule has 0 bridgehead atoms. The molecule has 98 valence electrons. The minimum absolute atomic E-state index is 0.157. The molecule has 0 radical (unpaired) electrons. The second-order valence-corrected chi connectivity index (χ2v) is 8.47. The molecule has 0 amide bonds. The summed E-state index contributed by atoms with van der Waals surface area (Å²) < 4.78 is 46.2. The summed E-state index contributed by atoms with van der Waals surface area (Å²) >= 11 is 0. The Labute approximate surface area is 107 Å². The van der Waals surface area contributed by atoms with Gasteiger partial charge in [-0.05, 0) is 12.5 Å². The van der Waals surface area contributed by atoms with E-state index in [1.54, 1.807) is 18.2 Å². The second-order valence-electron chi connectivity index (χ2n) is 3.74. The van der Waals surface area contributed by atoms with Crippen molar-refractivity contribution in [1.82, 2.24) is 0 Å². The normalized spacial score (nSPS) is 12.9. The Morgan fingerprint density at radius 3 is 1.67 bits per heavy atom. The highest BCUT2D eigenvalue weighted by molar-refractivity contribution is 8.12. The van der Waals surface area contributed by atoms with Crippen molar-refractivity contribution in [3.63, 3.8) is 0 Å². The Kier molecular flexibility index (Phi) is 3.83. The van der Waals surface area contributed by atoms with E-state index in [-0.39, 0.29) is 5.56 Å². The van der Waals surface area contributed by atoms with Crippen LogP contribution in [0.1, 0.15) is 12.5 Å². The van der Waals surface area contributed by atoms with Crippen molar-refractivity contribution in [2.75, 3.05) is 0 Å². The Balaban J connectivity index is 3.79. The van der Waals surface area contributed by atoms with E-state index in [0.717, 1.165) is 6.92 Å². The quantitative estimate of drug-likeness (QED) is 0.830. The van der Waals surface area contributed by atoms with Gasteiger partial charge in [0.25, 0.3) is 0 Å². The fraction of sp³-hybridized carbons (Fsp3) is 0.167. The van der Waals surface area contributed by atoms with Gasteiger partial charge in [-0.1, -0.05) is 43.5 Å². The number of sulfone groups is 2. The maximum Gasteiger partial charge on any atom is 0.202 e. The molecule has 0 heterocycles. The second kappa shape index (κ2) is 4.70. The molecule has 4 nitrogen and oxygen atoms in total. The first-order valence-corrected chi connectivity index (χ1v) is 8.12. The van der Waals surface area contributed by atoms with Crippen LogP contribution in [0.15, 0.2) is 54.3 Å². The van der Waals surface area contributed by atoms with Crippen molar-refractivity contribution in [2.45, 2.75) is 11.0 Å². The first-order valence-electron chi connectivity index (χ1n) is 5.02. The topological polar surface area (TPSA) is 68.3 Å². The molecule has 0 unspecified atom stereocenters. The predicted molar refractivity (Wildman–Crippen MR) is 72.0 cm³/mol. The predicted octanol–water partition coefficient (Wildman–Crippen LogP) is 1.98. The molecule has 6 heteroatoms. The van der Waals surface area contributed by atoms with Crippen LogP contribution in [0.25, 0.3) is 0 Å². The van der Waals surface area contributed by atoms with Crippen molar-refractivity contribution in [2.24, 2.45) is 0 Å². The molecule has 0 aliphatic heterocycles. The van der Waals surface area contributed by atoms with E-state index >= 15 is 0 Å². The maximum atomic E-state index is 12.1. The standard InChI is InChI=1S/C12H14O4S2/c1-4-17(13,14)12(3,18(15,16)5-2)11-9-7-6-8-10-11/h4-10H,1-2H2,3H3. The number of hydrogen-bond donors (Lipinski definition) is 0. The summed E-state index contributed by atoms with van der Waals surface area (Å²) in [6.07, 6.45) is 0. The van der Waals surface area contributed by atoms with Gasteiger partial charge in [0.05, 0.1) is 0 Å². The van der Waals surface area contributed by atoms with Gasteiger partial charge in [-0.2, -0.15) is 0 Å². The largest absolute Gasteiger partial charge is 0.222 e. The van der Waals surface area contributed by atoms with Crippen LogP contribution in [0.2, 0.25) is 0 Å². The van der Waals surface area contributed by atoms with Gasteiger partial charge in [0.15, 0.2) is 19.7 Å². The van der Waals surface area contributed by atoms with Crippen LogP contribution in [0.3, 0.4) is 0 Å². The Morgan fingerprint density at radius 1 is 0.944 bits per heavy atom. The van der Waals surface area contributed by atoms with Gasteiger partial charge in [0.2, 0.25) is 4.08 Å². The van der Waals surface area contributed by atoms with Gasteiger partial charge in [0.1, 0.15) is 0 Å². The van der Waals surface area contributed by atoms with E-state index in [1.165, 1.54) is 12.1 Å². The first-order chi connectivity index (χ1) is 8.23. The van der Waals surface area contributed by atoms with E-state index in [1.807, 2.05) is 0 Å². The highest BCUT2D eigenvalue weighted by atomic mass is 32.3. The zero-order valence-electron chi connectivity index (χ0n) is 9.91. The third-order valence-electron chi connectivity index (χ3n) is 2.82. The highest BCUT2D eigenvalue weighted by Crippen LogP contribution is 2.37. The lowest BCUT2D eigenvalue weighted by molar-refractivity contribution is 0.563. The smallest absolute Gasteiger partial charge is 0.202 e. The average molecular weight is 286 g/mol. The van der Waals surface area contributed by atoms with Crippen molar-refractivity contribution < 1.29 is 16.8 Å². The van der Waals surface area contributed by atoms with Crippen LogP contribution in [0.4, 0.5) is 0 Å². The number of rotatable bonds is 5. The molecular weight excluding hydrogens is 272 g/mol. The molecule has 0 aliphatic carbocycles. The van der Waals surface area contributed by atoms with E-state index in [9.17, 15) is 16.8 Å². The fourth-order valence-corrected chi connectivity index (χ4v) is 4.82. The van der Waals surface area contributed by atoms with Gasteiger partial charge >= 0.3 is 0 Å². The van der Waals surface area contributed by atoms with E-state index in [4.69, 9.17) is 0 Å². The third-order valence-corrected chi connectivity index (χ3v) is 7.74. The Hall–Kier alpha value is -1.40. The van der Waals surface area contributed by atoms with Gasteiger partial charge < -0.3 is 0 Å². The highest BCUT2D eigenvalue weighted by Gasteiger charge is 2.49. The Morgan fingerprint density at radius 2 is 1.33 bits per heavy atom.